The Morgan fingerprint density at radius 1 is 1.05 bits per heavy atom. The lowest BCUT2D eigenvalue weighted by molar-refractivity contribution is -0.136. The van der Waals surface area contributed by atoms with Gasteiger partial charge in [-0.25, -0.2) is 4.98 Å². The summed E-state index contributed by atoms with van der Waals surface area (Å²) in [4.78, 5) is 10.0. The number of rotatable bonds is 6. The van der Waals surface area contributed by atoms with Crippen molar-refractivity contribution in [3.05, 3.63) is 65.2 Å². The van der Waals surface area contributed by atoms with Crippen LogP contribution < -0.4 is 0 Å². The van der Waals surface area contributed by atoms with Crippen LogP contribution in [-0.4, -0.2) is 55.9 Å². The second kappa shape index (κ2) is 10.6. The number of aryl methyl sites for hydroxylation is 1. The first-order chi connectivity index (χ1) is 19.2. The summed E-state index contributed by atoms with van der Waals surface area (Å²) >= 11 is 0. The topological polar surface area (TPSA) is 71.9 Å². The highest BCUT2D eigenvalue weighted by atomic mass is 19.4. The van der Waals surface area contributed by atoms with Crippen LogP contribution >= 0.6 is 0 Å². The van der Waals surface area contributed by atoms with E-state index in [4.69, 9.17) is 4.74 Å². The number of aromatic nitrogens is 5. The fourth-order valence-electron chi connectivity index (χ4n) is 6.09. The summed E-state index contributed by atoms with van der Waals surface area (Å²) in [5.74, 6) is 1.28. The van der Waals surface area contributed by atoms with Gasteiger partial charge < -0.3 is 14.3 Å². The number of nitrogens with zero attached hydrogens (tertiary/aromatic N) is 5. The number of halogens is 3. The van der Waals surface area contributed by atoms with E-state index in [1.54, 1.807) is 6.33 Å². The van der Waals surface area contributed by atoms with Crippen LogP contribution in [0.1, 0.15) is 67.6 Å². The van der Waals surface area contributed by atoms with Crippen LogP contribution in [0, 0.1) is 0 Å². The molecule has 0 radical (unpaired) electrons. The van der Waals surface area contributed by atoms with Crippen LogP contribution in [0.2, 0.25) is 0 Å². The fourth-order valence-corrected chi connectivity index (χ4v) is 6.09. The maximum absolute atomic E-state index is 14.3. The molecule has 2 aromatic heterocycles. The highest BCUT2D eigenvalue weighted by Crippen LogP contribution is 2.40. The van der Waals surface area contributed by atoms with E-state index in [1.807, 2.05) is 48.9 Å². The van der Waals surface area contributed by atoms with Crippen molar-refractivity contribution in [3.63, 3.8) is 0 Å². The van der Waals surface area contributed by atoms with E-state index in [0.29, 0.717) is 36.5 Å². The molecule has 0 unspecified atom stereocenters. The highest BCUT2D eigenvalue weighted by molar-refractivity contribution is 5.84. The Morgan fingerprint density at radius 2 is 1.80 bits per heavy atom. The molecule has 40 heavy (non-hydrogen) atoms. The Balaban J connectivity index is 1.36. The van der Waals surface area contributed by atoms with Crippen molar-refractivity contribution in [3.8, 4) is 11.4 Å². The Kier molecular flexibility index (Phi) is 7.16. The minimum absolute atomic E-state index is 0.0442. The van der Waals surface area contributed by atoms with Crippen LogP contribution in [-0.2, 0) is 29.8 Å². The molecule has 2 aliphatic rings. The Hall–Kier alpha value is -3.24. The quantitative estimate of drug-likeness (QED) is 0.308. The van der Waals surface area contributed by atoms with Gasteiger partial charge in [-0.15, -0.1) is 10.2 Å². The minimum atomic E-state index is -4.51. The summed E-state index contributed by atoms with van der Waals surface area (Å²) in [6, 6.07) is 10.9. The van der Waals surface area contributed by atoms with Gasteiger partial charge in [-0.3, -0.25) is 4.90 Å². The molecule has 2 aliphatic heterocycles. The molecule has 0 spiro atoms. The third-order valence-corrected chi connectivity index (χ3v) is 8.64. The predicted octanol–water partition coefficient (Wildman–Crippen LogP) is 6.22. The maximum Gasteiger partial charge on any atom is 0.418 e. The number of ether oxygens (including phenoxy) is 1. The van der Waals surface area contributed by atoms with E-state index in [1.165, 1.54) is 25.3 Å². The van der Waals surface area contributed by atoms with Crippen molar-refractivity contribution < 1.29 is 17.9 Å². The zero-order valence-corrected chi connectivity index (χ0v) is 23.0. The highest BCUT2D eigenvalue weighted by Gasteiger charge is 2.42. The first-order valence-corrected chi connectivity index (χ1v) is 14.1. The molecule has 7 nitrogen and oxygen atoms in total. The molecule has 1 atom stereocenters. The number of hydrogen-bond acceptors (Lipinski definition) is 5. The monoisotopic (exact) mass is 552 g/mol. The molecule has 6 rings (SSSR count). The summed E-state index contributed by atoms with van der Waals surface area (Å²) in [7, 11) is 1.91. The van der Waals surface area contributed by atoms with Gasteiger partial charge in [0.1, 0.15) is 23.5 Å². The number of fused-ring (bicyclic) bond motifs is 1. The van der Waals surface area contributed by atoms with Gasteiger partial charge in [-0.2, -0.15) is 13.2 Å². The number of hydrogen-bond donors (Lipinski definition) is 1. The second-order valence-corrected chi connectivity index (χ2v) is 11.4. The van der Waals surface area contributed by atoms with Crippen molar-refractivity contribution in [2.75, 3.05) is 26.3 Å². The van der Waals surface area contributed by atoms with Crippen LogP contribution in [0.3, 0.4) is 0 Å². The van der Waals surface area contributed by atoms with Gasteiger partial charge in [-0.1, -0.05) is 37.5 Å². The summed E-state index contributed by atoms with van der Waals surface area (Å²) in [5, 5.41) is 8.24. The molecule has 0 saturated carbocycles. The molecule has 2 aromatic carbocycles. The lowest BCUT2D eigenvalue weighted by Gasteiger charge is -2.41. The molecular formula is C30H35F3N6O. The number of nitrogens with one attached hydrogen (secondary N) is 1. The number of benzene rings is 2. The zero-order chi connectivity index (χ0) is 27.9. The first-order valence-electron chi connectivity index (χ1n) is 14.1. The zero-order valence-electron chi connectivity index (χ0n) is 23.0. The molecule has 2 fully saturated rings. The van der Waals surface area contributed by atoms with Crippen molar-refractivity contribution in [1.29, 1.82) is 0 Å². The van der Waals surface area contributed by atoms with Gasteiger partial charge in [0.2, 0.25) is 0 Å². The molecule has 10 heteroatoms. The van der Waals surface area contributed by atoms with Crippen LogP contribution in [0.5, 0.6) is 0 Å². The lowest BCUT2D eigenvalue weighted by atomic mass is 9.75. The SMILES string of the molecule is C[C@H](c1cc(C(F)(F)F)c2nc(-c3cccc(C4(Cc5nncn5C)COC4)c3)[nH]c2c1)N1CCCCCCC1. The molecule has 0 bridgehead atoms. The molecule has 4 aromatic rings. The van der Waals surface area contributed by atoms with Gasteiger partial charge in [0.05, 0.1) is 24.3 Å². The van der Waals surface area contributed by atoms with Gasteiger partial charge in [0.15, 0.2) is 0 Å². The van der Waals surface area contributed by atoms with Gasteiger partial charge in [0.25, 0.3) is 0 Å². The van der Waals surface area contributed by atoms with E-state index in [0.717, 1.165) is 42.9 Å². The predicted molar refractivity (Wildman–Crippen MR) is 147 cm³/mol. The number of H-pyrrole nitrogens is 1. The summed E-state index contributed by atoms with van der Waals surface area (Å²) in [6.45, 7) is 4.91. The molecule has 2 saturated heterocycles. The van der Waals surface area contributed by atoms with Crippen molar-refractivity contribution in [2.45, 2.75) is 63.1 Å². The lowest BCUT2D eigenvalue weighted by Crippen LogP contribution is -2.49. The number of imidazole rings is 1. The molecule has 4 heterocycles. The van der Waals surface area contributed by atoms with Gasteiger partial charge in [-0.05, 0) is 62.2 Å². The van der Waals surface area contributed by atoms with Crippen LogP contribution in [0.15, 0.2) is 42.7 Å². The molecule has 0 aliphatic carbocycles. The van der Waals surface area contributed by atoms with Crippen molar-refractivity contribution in [2.24, 2.45) is 7.05 Å². The van der Waals surface area contributed by atoms with E-state index in [-0.39, 0.29) is 17.0 Å². The fraction of sp³-hybridized carbons (Fsp3) is 0.500. The molecule has 0 amide bonds. The molecule has 1 N–H and O–H groups in total. The van der Waals surface area contributed by atoms with Crippen LogP contribution in [0.25, 0.3) is 22.4 Å². The van der Waals surface area contributed by atoms with E-state index in [9.17, 15) is 13.2 Å². The van der Waals surface area contributed by atoms with E-state index < -0.39 is 11.7 Å². The van der Waals surface area contributed by atoms with Crippen molar-refractivity contribution in [1.82, 2.24) is 29.6 Å². The normalized spacial score (nSPS) is 19.2. The third kappa shape index (κ3) is 5.14. The Labute approximate surface area is 231 Å². The third-order valence-electron chi connectivity index (χ3n) is 8.64. The maximum atomic E-state index is 14.3. The second-order valence-electron chi connectivity index (χ2n) is 11.4. The van der Waals surface area contributed by atoms with Gasteiger partial charge >= 0.3 is 6.18 Å². The van der Waals surface area contributed by atoms with Crippen LogP contribution in [0.4, 0.5) is 13.2 Å². The summed E-state index contributed by atoms with van der Waals surface area (Å²) in [6.07, 6.45) is 3.55. The van der Waals surface area contributed by atoms with Gasteiger partial charge in [0, 0.05) is 30.5 Å². The Bertz CT molecular complexity index is 1480. The van der Waals surface area contributed by atoms with E-state index in [2.05, 4.69) is 25.1 Å². The average molecular weight is 553 g/mol. The first kappa shape index (κ1) is 27.0. The summed E-state index contributed by atoms with van der Waals surface area (Å²) < 4.78 is 50.5. The van der Waals surface area contributed by atoms with E-state index >= 15 is 0 Å². The van der Waals surface area contributed by atoms with Crippen molar-refractivity contribution >= 4 is 11.0 Å². The number of aromatic amines is 1. The Morgan fingerprint density at radius 3 is 2.45 bits per heavy atom. The molecular weight excluding hydrogens is 517 g/mol. The smallest absolute Gasteiger partial charge is 0.379 e. The average Bonchev–Trinajstić information content (AvgIpc) is 3.50. The summed E-state index contributed by atoms with van der Waals surface area (Å²) in [5.41, 5.74) is 1.85. The number of alkyl halides is 3. The minimum Gasteiger partial charge on any atom is -0.379 e. The largest absolute Gasteiger partial charge is 0.418 e. The number of likely N-dealkylation sites (tertiary alicyclic amines) is 1. The molecule has 212 valence electrons. The standard InChI is InChI=1S/C30H35F3N6O/c1-20(39-11-6-4-3-5-7-12-39)22-14-24(30(31,32)33)27-25(15-22)35-28(36-27)21-9-8-10-23(13-21)29(17-40-18-29)16-26-37-34-19-38(26)2/h8-10,13-15,19-20H,3-7,11-12,16-18H2,1-2H3,(H,35,36)/t20-/m1/s1.